The van der Waals surface area contributed by atoms with Crippen molar-refractivity contribution in [3.8, 4) is 0 Å². The molecule has 1 aliphatic carbocycles. The van der Waals surface area contributed by atoms with Gasteiger partial charge in [-0.1, -0.05) is 19.9 Å². The number of hydrogen-bond donors (Lipinski definition) is 0. The second-order valence-corrected chi connectivity index (χ2v) is 8.77. The molecule has 1 aliphatic heterocycles. The van der Waals surface area contributed by atoms with Crippen LogP contribution >= 0.6 is 23.5 Å². The highest BCUT2D eigenvalue weighted by Crippen LogP contribution is 2.58. The molecular formula is C15H22O2S2. The fourth-order valence-corrected chi connectivity index (χ4v) is 6.20. The Labute approximate surface area is 124 Å². The molecule has 0 bridgehead atoms. The predicted molar refractivity (Wildman–Crippen MR) is 84.5 cm³/mol. The van der Waals surface area contributed by atoms with E-state index in [1.165, 1.54) is 42.6 Å². The summed E-state index contributed by atoms with van der Waals surface area (Å²) in [6, 6.07) is 0. The lowest BCUT2D eigenvalue weighted by Gasteiger charge is -2.42. The van der Waals surface area contributed by atoms with Crippen LogP contribution in [0.5, 0.6) is 0 Å². The molecule has 0 radical (unpaired) electrons. The van der Waals surface area contributed by atoms with Gasteiger partial charge in [-0.2, -0.15) is 0 Å². The van der Waals surface area contributed by atoms with Crippen LogP contribution in [0.15, 0.2) is 23.3 Å². The van der Waals surface area contributed by atoms with Crippen LogP contribution in [0.4, 0.5) is 0 Å². The van der Waals surface area contributed by atoms with Crippen LogP contribution in [0, 0.1) is 5.41 Å². The molecule has 1 saturated heterocycles. The van der Waals surface area contributed by atoms with Gasteiger partial charge in [0.2, 0.25) is 0 Å². The normalized spacial score (nSPS) is 25.3. The van der Waals surface area contributed by atoms with Gasteiger partial charge in [-0.3, -0.25) is 0 Å². The molecule has 1 fully saturated rings. The number of carbonyl (C=O) groups excluding carboxylic acids is 1. The molecule has 0 N–H and O–H groups in total. The fourth-order valence-electron chi connectivity index (χ4n) is 2.90. The Morgan fingerprint density at radius 3 is 2.47 bits per heavy atom. The van der Waals surface area contributed by atoms with Gasteiger partial charge >= 0.3 is 5.97 Å². The number of esters is 1. The molecule has 0 aromatic rings. The van der Waals surface area contributed by atoms with E-state index in [1.807, 2.05) is 6.08 Å². The molecule has 0 saturated carbocycles. The van der Waals surface area contributed by atoms with Crippen LogP contribution in [0.1, 0.15) is 33.6 Å². The molecule has 2 rings (SSSR count). The van der Waals surface area contributed by atoms with Gasteiger partial charge in [0.05, 0.1) is 11.2 Å². The third-order valence-corrected chi connectivity index (χ3v) is 7.86. The standard InChI is InChI=1S/C15H22O2S2/c1-11-12(5-6-13(16)17-4)14(2,3)7-8-15(11)18-9-10-19-15/h5-6H,7-10H2,1-4H3. The number of thioether (sulfide) groups is 2. The first-order valence-electron chi connectivity index (χ1n) is 6.67. The van der Waals surface area contributed by atoms with Gasteiger partial charge < -0.3 is 4.74 Å². The van der Waals surface area contributed by atoms with E-state index >= 15 is 0 Å². The summed E-state index contributed by atoms with van der Waals surface area (Å²) in [5.74, 6) is 2.19. The van der Waals surface area contributed by atoms with Crippen LogP contribution < -0.4 is 0 Å². The molecular weight excluding hydrogens is 276 g/mol. The third-order valence-electron chi connectivity index (χ3n) is 4.12. The van der Waals surface area contributed by atoms with Crippen molar-refractivity contribution in [2.45, 2.75) is 37.7 Å². The molecule has 4 heteroatoms. The maximum Gasteiger partial charge on any atom is 0.330 e. The van der Waals surface area contributed by atoms with E-state index in [1.54, 1.807) is 6.08 Å². The van der Waals surface area contributed by atoms with Crippen molar-refractivity contribution >= 4 is 29.5 Å². The van der Waals surface area contributed by atoms with Crippen LogP contribution in [0.2, 0.25) is 0 Å². The molecule has 0 aromatic carbocycles. The van der Waals surface area contributed by atoms with E-state index in [9.17, 15) is 4.79 Å². The number of ether oxygens (including phenoxy) is 1. The molecule has 0 amide bonds. The molecule has 2 aliphatic rings. The lowest BCUT2D eigenvalue weighted by molar-refractivity contribution is -0.134. The quantitative estimate of drug-likeness (QED) is 0.568. The second kappa shape index (κ2) is 5.57. The van der Waals surface area contributed by atoms with E-state index in [0.717, 1.165) is 0 Å². The number of allylic oxidation sites excluding steroid dienone is 2. The monoisotopic (exact) mass is 298 g/mol. The average molecular weight is 298 g/mol. The first kappa shape index (κ1) is 15.0. The van der Waals surface area contributed by atoms with Crippen LogP contribution in [0.25, 0.3) is 0 Å². The number of carbonyl (C=O) groups is 1. The fraction of sp³-hybridized carbons (Fsp3) is 0.667. The summed E-state index contributed by atoms with van der Waals surface area (Å²) in [6.07, 6.45) is 5.94. The van der Waals surface area contributed by atoms with Crippen molar-refractivity contribution in [1.82, 2.24) is 0 Å². The number of rotatable bonds is 2. The Balaban J connectivity index is 2.37. The summed E-state index contributed by atoms with van der Waals surface area (Å²) in [5.41, 5.74) is 2.89. The van der Waals surface area contributed by atoms with Crippen molar-refractivity contribution in [1.29, 1.82) is 0 Å². The zero-order chi connectivity index (χ0) is 14.1. The van der Waals surface area contributed by atoms with E-state index < -0.39 is 0 Å². The Bertz CT molecular complexity index is 429. The first-order chi connectivity index (χ1) is 8.91. The van der Waals surface area contributed by atoms with Crippen molar-refractivity contribution in [2.24, 2.45) is 5.41 Å². The highest BCUT2D eigenvalue weighted by Gasteiger charge is 2.44. The molecule has 0 unspecified atom stereocenters. The summed E-state index contributed by atoms with van der Waals surface area (Å²) < 4.78 is 4.96. The molecule has 19 heavy (non-hydrogen) atoms. The molecule has 0 aromatic heterocycles. The van der Waals surface area contributed by atoms with Gasteiger partial charge in [-0.15, -0.1) is 23.5 Å². The van der Waals surface area contributed by atoms with Gasteiger partial charge in [0.25, 0.3) is 0 Å². The molecule has 2 nitrogen and oxygen atoms in total. The highest BCUT2D eigenvalue weighted by molar-refractivity contribution is 8.21. The van der Waals surface area contributed by atoms with Crippen molar-refractivity contribution in [3.05, 3.63) is 23.3 Å². The Morgan fingerprint density at radius 1 is 1.26 bits per heavy atom. The number of hydrogen-bond acceptors (Lipinski definition) is 4. The zero-order valence-electron chi connectivity index (χ0n) is 12.1. The van der Waals surface area contributed by atoms with Crippen LogP contribution in [-0.4, -0.2) is 28.7 Å². The second-order valence-electron chi connectivity index (χ2n) is 5.73. The minimum Gasteiger partial charge on any atom is -0.466 e. The maximum atomic E-state index is 11.3. The van der Waals surface area contributed by atoms with Gasteiger partial charge in [0.15, 0.2) is 0 Å². The van der Waals surface area contributed by atoms with Gasteiger partial charge in [-0.25, -0.2) is 4.79 Å². The van der Waals surface area contributed by atoms with E-state index in [-0.39, 0.29) is 15.5 Å². The van der Waals surface area contributed by atoms with Gasteiger partial charge in [0, 0.05) is 17.6 Å². The van der Waals surface area contributed by atoms with Crippen LogP contribution in [-0.2, 0) is 9.53 Å². The van der Waals surface area contributed by atoms with Crippen molar-refractivity contribution < 1.29 is 9.53 Å². The largest absolute Gasteiger partial charge is 0.466 e. The Hall–Kier alpha value is -0.350. The summed E-state index contributed by atoms with van der Waals surface area (Å²) in [7, 11) is 1.42. The Kier molecular flexibility index (Phi) is 4.41. The van der Waals surface area contributed by atoms with Gasteiger partial charge in [0.1, 0.15) is 0 Å². The summed E-state index contributed by atoms with van der Waals surface area (Å²) in [5, 5.41) is 0. The molecule has 1 spiro atoms. The molecule has 0 atom stereocenters. The first-order valence-corrected chi connectivity index (χ1v) is 8.64. The van der Waals surface area contributed by atoms with Crippen LogP contribution in [0.3, 0.4) is 0 Å². The number of methoxy groups -OCH3 is 1. The van der Waals surface area contributed by atoms with Crippen molar-refractivity contribution in [2.75, 3.05) is 18.6 Å². The summed E-state index contributed by atoms with van der Waals surface area (Å²) in [6.45, 7) is 6.78. The minimum atomic E-state index is -0.276. The van der Waals surface area contributed by atoms with E-state index in [2.05, 4.69) is 44.3 Å². The smallest absolute Gasteiger partial charge is 0.330 e. The highest BCUT2D eigenvalue weighted by atomic mass is 32.2. The maximum absolute atomic E-state index is 11.3. The summed E-state index contributed by atoms with van der Waals surface area (Å²) >= 11 is 4.15. The third kappa shape index (κ3) is 2.89. The SMILES string of the molecule is COC(=O)C=CC1=C(C)C2(CCC1(C)C)SCCS2. The van der Waals surface area contributed by atoms with E-state index in [4.69, 9.17) is 4.74 Å². The minimum absolute atomic E-state index is 0.142. The van der Waals surface area contributed by atoms with E-state index in [0.29, 0.717) is 0 Å². The Morgan fingerprint density at radius 2 is 1.89 bits per heavy atom. The lowest BCUT2D eigenvalue weighted by Crippen LogP contribution is -2.32. The van der Waals surface area contributed by atoms with Crippen molar-refractivity contribution in [3.63, 3.8) is 0 Å². The molecule has 106 valence electrons. The lowest BCUT2D eigenvalue weighted by atomic mass is 9.72. The average Bonchev–Trinajstić information content (AvgIpc) is 2.84. The van der Waals surface area contributed by atoms with Gasteiger partial charge in [-0.05, 0) is 36.3 Å². The zero-order valence-corrected chi connectivity index (χ0v) is 13.7. The summed E-state index contributed by atoms with van der Waals surface area (Å²) in [4.78, 5) is 11.3. The molecule has 1 heterocycles. The topological polar surface area (TPSA) is 26.3 Å². The predicted octanol–water partition coefficient (Wildman–Crippen LogP) is 4.03.